The van der Waals surface area contributed by atoms with E-state index in [0.29, 0.717) is 0 Å². The van der Waals surface area contributed by atoms with Crippen molar-refractivity contribution in [1.82, 2.24) is 0 Å². The first-order valence-electron chi connectivity index (χ1n) is 6.15. The van der Waals surface area contributed by atoms with Gasteiger partial charge in [-0.3, -0.25) is 10.1 Å². The molecule has 1 aliphatic rings. The van der Waals surface area contributed by atoms with Gasteiger partial charge in [-0.15, -0.1) is 0 Å². The van der Waals surface area contributed by atoms with E-state index in [4.69, 9.17) is 14.6 Å². The van der Waals surface area contributed by atoms with Crippen LogP contribution in [0.4, 0.5) is 5.69 Å². The molecule has 0 aliphatic carbocycles. The van der Waals surface area contributed by atoms with Gasteiger partial charge < -0.3 is 29.9 Å². The van der Waals surface area contributed by atoms with Crippen molar-refractivity contribution in [3.8, 4) is 5.75 Å². The molecule has 1 aromatic rings. The highest BCUT2D eigenvalue weighted by atomic mass is 16.7. The lowest BCUT2D eigenvalue weighted by atomic mass is 9.99. The van der Waals surface area contributed by atoms with Crippen molar-refractivity contribution in [3.05, 3.63) is 34.4 Å². The van der Waals surface area contributed by atoms with Crippen LogP contribution in [0.2, 0.25) is 0 Å². The van der Waals surface area contributed by atoms with E-state index in [1.807, 2.05) is 0 Å². The van der Waals surface area contributed by atoms with Gasteiger partial charge in [0.1, 0.15) is 24.1 Å². The third-order valence-corrected chi connectivity index (χ3v) is 3.14. The Labute approximate surface area is 119 Å². The zero-order valence-electron chi connectivity index (χ0n) is 10.8. The van der Waals surface area contributed by atoms with Gasteiger partial charge in [-0.2, -0.15) is 0 Å². The molecular formula is C12H15NO8. The summed E-state index contributed by atoms with van der Waals surface area (Å²) in [6.45, 7) is -0.585. The molecule has 1 unspecified atom stereocenters. The van der Waals surface area contributed by atoms with Crippen molar-refractivity contribution in [2.45, 2.75) is 30.7 Å². The van der Waals surface area contributed by atoms with Crippen molar-refractivity contribution >= 4 is 5.69 Å². The molecule has 1 fully saturated rings. The second-order valence-electron chi connectivity index (χ2n) is 4.57. The number of nitro benzene ring substituents is 1. The molecule has 0 saturated carbocycles. The first-order chi connectivity index (χ1) is 9.93. The van der Waals surface area contributed by atoms with E-state index >= 15 is 0 Å². The normalized spacial score (nSPS) is 32.7. The second kappa shape index (κ2) is 6.33. The number of nitro groups is 1. The van der Waals surface area contributed by atoms with Gasteiger partial charge in [0, 0.05) is 6.07 Å². The van der Waals surface area contributed by atoms with Gasteiger partial charge in [-0.05, 0) is 6.07 Å². The van der Waals surface area contributed by atoms with Crippen molar-refractivity contribution in [1.29, 1.82) is 0 Å². The molecule has 1 saturated heterocycles. The van der Waals surface area contributed by atoms with Crippen molar-refractivity contribution in [2.75, 3.05) is 6.61 Å². The molecule has 0 amide bonds. The Kier molecular flexibility index (Phi) is 4.70. The summed E-state index contributed by atoms with van der Waals surface area (Å²) in [4.78, 5) is 10.0. The topological polar surface area (TPSA) is 143 Å². The van der Waals surface area contributed by atoms with E-state index in [9.17, 15) is 25.4 Å². The van der Waals surface area contributed by atoms with Gasteiger partial charge in [-0.1, -0.05) is 6.07 Å². The molecule has 1 heterocycles. The molecule has 1 aliphatic heterocycles. The number of aliphatic hydroxyl groups excluding tert-OH is 4. The minimum Gasteiger partial charge on any atom is -0.482 e. The predicted octanol–water partition coefficient (Wildman–Crippen LogP) is -1.23. The van der Waals surface area contributed by atoms with E-state index in [1.54, 1.807) is 0 Å². The smallest absolute Gasteiger partial charge is 0.273 e. The van der Waals surface area contributed by atoms with Crippen LogP contribution >= 0.6 is 0 Å². The molecule has 116 valence electrons. The molecule has 1 aromatic carbocycles. The van der Waals surface area contributed by atoms with Crippen LogP contribution in [0.1, 0.15) is 0 Å². The largest absolute Gasteiger partial charge is 0.482 e. The summed E-state index contributed by atoms with van der Waals surface area (Å²) in [5, 5.41) is 49.0. The fraction of sp³-hybridized carbons (Fsp3) is 0.500. The molecule has 5 atom stereocenters. The second-order valence-corrected chi connectivity index (χ2v) is 4.57. The molecule has 0 spiro atoms. The van der Waals surface area contributed by atoms with Crippen LogP contribution in [0.3, 0.4) is 0 Å². The zero-order chi connectivity index (χ0) is 15.6. The Morgan fingerprint density at radius 3 is 2.62 bits per heavy atom. The molecule has 21 heavy (non-hydrogen) atoms. The Balaban J connectivity index is 2.15. The monoisotopic (exact) mass is 301 g/mol. The number of aliphatic hydroxyl groups is 4. The fourth-order valence-corrected chi connectivity index (χ4v) is 2.03. The Morgan fingerprint density at radius 1 is 1.29 bits per heavy atom. The summed E-state index contributed by atoms with van der Waals surface area (Å²) in [6.07, 6.45) is -7.06. The maximum absolute atomic E-state index is 10.7. The molecule has 0 radical (unpaired) electrons. The van der Waals surface area contributed by atoms with E-state index < -0.39 is 42.2 Å². The Bertz CT molecular complexity index is 510. The molecule has 0 bridgehead atoms. The highest BCUT2D eigenvalue weighted by Crippen LogP contribution is 2.26. The van der Waals surface area contributed by atoms with E-state index in [0.717, 1.165) is 6.07 Å². The maximum atomic E-state index is 10.7. The van der Waals surface area contributed by atoms with Crippen LogP contribution in [-0.4, -0.2) is 62.7 Å². The fourth-order valence-electron chi connectivity index (χ4n) is 2.03. The van der Waals surface area contributed by atoms with Crippen molar-refractivity contribution < 1.29 is 34.8 Å². The molecule has 4 N–H and O–H groups in total. The standard InChI is InChI=1S/C12H15NO8/c14-5-8-9(15)10(16)11(12(17)21-8)20-7-3-1-2-6(4-7)13(18)19/h1-4,8-12,14-17H,5H2/t8-,9+,10+,11-,12?/m1/s1. The highest BCUT2D eigenvalue weighted by Gasteiger charge is 2.45. The average molecular weight is 301 g/mol. The minimum atomic E-state index is -1.60. The number of benzene rings is 1. The number of hydrogen-bond donors (Lipinski definition) is 4. The third kappa shape index (κ3) is 3.28. The quantitative estimate of drug-likeness (QED) is 0.400. The Hall–Kier alpha value is -1.78. The van der Waals surface area contributed by atoms with E-state index in [2.05, 4.69) is 0 Å². The lowest BCUT2D eigenvalue weighted by Gasteiger charge is -2.39. The summed E-state index contributed by atoms with van der Waals surface area (Å²) in [6, 6.07) is 5.15. The van der Waals surface area contributed by atoms with E-state index in [-0.39, 0.29) is 11.4 Å². The molecule has 9 nitrogen and oxygen atoms in total. The van der Waals surface area contributed by atoms with Gasteiger partial charge in [0.15, 0.2) is 12.4 Å². The van der Waals surface area contributed by atoms with Gasteiger partial charge in [0.2, 0.25) is 0 Å². The number of ether oxygens (including phenoxy) is 2. The van der Waals surface area contributed by atoms with Crippen LogP contribution in [0, 0.1) is 10.1 Å². The average Bonchev–Trinajstić information content (AvgIpc) is 2.47. The van der Waals surface area contributed by atoms with Gasteiger partial charge in [0.25, 0.3) is 5.69 Å². The summed E-state index contributed by atoms with van der Waals surface area (Å²) < 4.78 is 10.2. The van der Waals surface area contributed by atoms with Crippen LogP contribution in [-0.2, 0) is 4.74 Å². The third-order valence-electron chi connectivity index (χ3n) is 3.14. The Morgan fingerprint density at radius 2 is 2.00 bits per heavy atom. The van der Waals surface area contributed by atoms with E-state index in [1.165, 1.54) is 18.2 Å². The first kappa shape index (κ1) is 15.6. The summed E-state index contributed by atoms with van der Waals surface area (Å²) >= 11 is 0. The molecule has 0 aromatic heterocycles. The highest BCUT2D eigenvalue weighted by molar-refractivity contribution is 5.38. The van der Waals surface area contributed by atoms with Crippen LogP contribution in [0.5, 0.6) is 5.75 Å². The summed E-state index contributed by atoms with van der Waals surface area (Å²) in [5.74, 6) is 0.0329. The van der Waals surface area contributed by atoms with Crippen molar-refractivity contribution in [2.24, 2.45) is 0 Å². The van der Waals surface area contributed by atoms with Gasteiger partial charge in [-0.25, -0.2) is 0 Å². The lowest BCUT2D eigenvalue weighted by molar-refractivity contribution is -0.385. The van der Waals surface area contributed by atoms with Gasteiger partial charge in [0.05, 0.1) is 17.6 Å². The molecular weight excluding hydrogens is 286 g/mol. The maximum Gasteiger partial charge on any atom is 0.273 e. The number of non-ortho nitro benzene ring substituents is 1. The summed E-state index contributed by atoms with van der Waals surface area (Å²) in [5.41, 5.74) is -0.220. The predicted molar refractivity (Wildman–Crippen MR) is 67.5 cm³/mol. The molecule has 9 heteroatoms. The zero-order valence-corrected chi connectivity index (χ0v) is 10.8. The van der Waals surface area contributed by atoms with Crippen LogP contribution < -0.4 is 4.74 Å². The van der Waals surface area contributed by atoms with Crippen LogP contribution in [0.15, 0.2) is 24.3 Å². The summed E-state index contributed by atoms with van der Waals surface area (Å²) in [7, 11) is 0. The molecule has 2 rings (SSSR count). The number of rotatable bonds is 4. The lowest BCUT2D eigenvalue weighted by Crippen LogP contribution is -2.60. The number of hydrogen-bond acceptors (Lipinski definition) is 8. The SMILES string of the molecule is O=[N+]([O-])c1cccc(O[C@H]2C(O)O[C@H](CO)[C@H](O)[C@@H]2O)c1. The first-order valence-corrected chi connectivity index (χ1v) is 6.15. The minimum absolute atomic E-state index is 0.0329. The number of nitrogens with zero attached hydrogens (tertiary/aromatic N) is 1. The van der Waals surface area contributed by atoms with Crippen molar-refractivity contribution in [3.63, 3.8) is 0 Å². The van der Waals surface area contributed by atoms with Gasteiger partial charge >= 0.3 is 0 Å². The van der Waals surface area contributed by atoms with Crippen LogP contribution in [0.25, 0.3) is 0 Å².